The van der Waals surface area contributed by atoms with Gasteiger partial charge in [-0.05, 0) is 25.7 Å². The predicted molar refractivity (Wildman–Crippen MR) is 94.2 cm³/mol. The van der Waals surface area contributed by atoms with Gasteiger partial charge in [0.15, 0.2) is 5.96 Å². The number of hydrogen-bond donors (Lipinski definition) is 2. The van der Waals surface area contributed by atoms with E-state index in [4.69, 9.17) is 5.73 Å². The normalized spacial score (nSPS) is 14.4. The number of nitrogens with one attached hydrogen (secondary N) is 1. The monoisotopic (exact) mass is 408 g/mol. The van der Waals surface area contributed by atoms with Crippen molar-refractivity contribution >= 4 is 29.9 Å². The minimum atomic E-state index is 0. The Kier molecular flexibility index (Phi) is 7.76. The molecule has 0 spiro atoms. The molecule has 2 heterocycles. The molecule has 0 atom stereocenters. The number of guanidine groups is 1. The number of aromatic nitrogens is 3. The maximum Gasteiger partial charge on any atom is 0.345 e. The number of rotatable bonds is 6. The molecule has 0 amide bonds. The van der Waals surface area contributed by atoms with Gasteiger partial charge in [-0.2, -0.15) is 5.10 Å². The predicted octanol–water partition coefficient (Wildman–Crippen LogP) is 0.703. The summed E-state index contributed by atoms with van der Waals surface area (Å²) in [4.78, 5) is 16.2. The van der Waals surface area contributed by atoms with Crippen molar-refractivity contribution in [2.75, 3.05) is 13.1 Å². The molecule has 1 aliphatic heterocycles. The lowest BCUT2D eigenvalue weighted by atomic mass is 10.2. The van der Waals surface area contributed by atoms with Gasteiger partial charge in [-0.25, -0.2) is 9.48 Å². The van der Waals surface area contributed by atoms with E-state index < -0.39 is 0 Å². The van der Waals surface area contributed by atoms with Crippen LogP contribution < -0.4 is 16.7 Å². The minimum Gasteiger partial charge on any atom is -0.370 e. The summed E-state index contributed by atoms with van der Waals surface area (Å²) in [6.45, 7) is 4.93. The van der Waals surface area contributed by atoms with Crippen molar-refractivity contribution in [2.45, 2.75) is 52.1 Å². The lowest BCUT2D eigenvalue weighted by Crippen LogP contribution is -2.33. The van der Waals surface area contributed by atoms with Crippen LogP contribution in [0.1, 0.15) is 38.4 Å². The van der Waals surface area contributed by atoms with Crippen LogP contribution in [-0.4, -0.2) is 33.4 Å². The fraction of sp³-hybridized carbons (Fsp3) is 0.769. The third-order valence-electron chi connectivity index (χ3n) is 3.39. The molecule has 0 aliphatic carbocycles. The van der Waals surface area contributed by atoms with Crippen LogP contribution in [0.2, 0.25) is 0 Å². The minimum absolute atomic E-state index is 0. The fourth-order valence-electron chi connectivity index (χ4n) is 2.33. The summed E-state index contributed by atoms with van der Waals surface area (Å²) in [7, 11) is 0. The maximum atomic E-state index is 12.1. The van der Waals surface area contributed by atoms with Crippen molar-refractivity contribution in [3.63, 3.8) is 0 Å². The van der Waals surface area contributed by atoms with Crippen LogP contribution in [-0.2, 0) is 19.5 Å². The van der Waals surface area contributed by atoms with Crippen molar-refractivity contribution in [1.82, 2.24) is 19.7 Å². The average Bonchev–Trinajstić information content (AvgIpc) is 2.78. The molecule has 7 nitrogen and oxygen atoms in total. The van der Waals surface area contributed by atoms with Gasteiger partial charge in [-0.3, -0.25) is 9.56 Å². The van der Waals surface area contributed by atoms with E-state index in [1.807, 2.05) is 0 Å². The van der Waals surface area contributed by atoms with Crippen molar-refractivity contribution < 1.29 is 0 Å². The quantitative estimate of drug-likeness (QED) is 0.314. The molecule has 1 aromatic heterocycles. The molecule has 0 radical (unpaired) electrons. The van der Waals surface area contributed by atoms with E-state index in [-0.39, 0.29) is 29.7 Å². The van der Waals surface area contributed by atoms with E-state index >= 15 is 0 Å². The van der Waals surface area contributed by atoms with Crippen molar-refractivity contribution in [2.24, 2.45) is 10.7 Å². The van der Waals surface area contributed by atoms with E-state index in [0.29, 0.717) is 19.0 Å². The van der Waals surface area contributed by atoms with Gasteiger partial charge in [0.05, 0.1) is 0 Å². The lowest BCUT2D eigenvalue weighted by molar-refractivity contribution is 0.509. The smallest absolute Gasteiger partial charge is 0.345 e. The first kappa shape index (κ1) is 18.0. The van der Waals surface area contributed by atoms with Gasteiger partial charge >= 0.3 is 5.69 Å². The lowest BCUT2D eigenvalue weighted by Gasteiger charge is -2.09. The summed E-state index contributed by atoms with van der Waals surface area (Å²) in [5, 5.41) is 7.44. The zero-order chi connectivity index (χ0) is 14.4. The highest BCUT2D eigenvalue weighted by Crippen LogP contribution is 2.09. The van der Waals surface area contributed by atoms with Crippen LogP contribution in [0.3, 0.4) is 0 Å². The Labute approximate surface area is 142 Å². The largest absolute Gasteiger partial charge is 0.370 e. The highest BCUT2D eigenvalue weighted by Gasteiger charge is 2.15. The Hall–Kier alpha value is -1.06. The molecule has 2 rings (SSSR count). The molecule has 3 N–H and O–H groups in total. The molecule has 0 aromatic carbocycles. The van der Waals surface area contributed by atoms with Gasteiger partial charge in [-0.15, -0.1) is 24.0 Å². The SMILES string of the molecule is CCCN=C(N)NCCCn1nc2n(c1=O)CCCC2.I. The highest BCUT2D eigenvalue weighted by molar-refractivity contribution is 14.0. The topological polar surface area (TPSA) is 90.2 Å². The van der Waals surface area contributed by atoms with Crippen molar-refractivity contribution in [3.05, 3.63) is 16.3 Å². The zero-order valence-electron chi connectivity index (χ0n) is 12.5. The van der Waals surface area contributed by atoms with Crippen LogP contribution in [0.25, 0.3) is 0 Å². The number of hydrogen-bond acceptors (Lipinski definition) is 3. The number of aryl methyl sites for hydroxylation is 2. The Balaban J connectivity index is 0.00000220. The first-order chi connectivity index (χ1) is 9.72. The van der Waals surface area contributed by atoms with Crippen LogP contribution in [0.4, 0.5) is 0 Å². The molecule has 0 bridgehead atoms. The van der Waals surface area contributed by atoms with Crippen LogP contribution in [0, 0.1) is 0 Å². The molecule has 1 aromatic rings. The Bertz CT molecular complexity index is 521. The van der Waals surface area contributed by atoms with E-state index in [0.717, 1.165) is 51.0 Å². The second-order valence-electron chi connectivity index (χ2n) is 5.08. The first-order valence-corrected chi connectivity index (χ1v) is 7.42. The number of fused-ring (bicyclic) bond motifs is 1. The van der Waals surface area contributed by atoms with Crippen molar-refractivity contribution in [1.29, 1.82) is 0 Å². The van der Waals surface area contributed by atoms with Crippen LogP contribution in [0.5, 0.6) is 0 Å². The van der Waals surface area contributed by atoms with Gasteiger partial charge in [-0.1, -0.05) is 6.92 Å². The molecule has 120 valence electrons. The molecular weight excluding hydrogens is 383 g/mol. The molecule has 0 unspecified atom stereocenters. The summed E-state index contributed by atoms with van der Waals surface area (Å²) >= 11 is 0. The van der Waals surface area contributed by atoms with Gasteiger partial charge in [0.2, 0.25) is 0 Å². The number of nitrogens with two attached hydrogens (primary N) is 1. The molecule has 1 aliphatic rings. The summed E-state index contributed by atoms with van der Waals surface area (Å²) in [5.41, 5.74) is 5.72. The molecule has 8 heteroatoms. The van der Waals surface area contributed by atoms with Crippen LogP contribution in [0.15, 0.2) is 9.79 Å². The number of aliphatic imine (C=N–C) groups is 1. The summed E-state index contributed by atoms with van der Waals surface area (Å²) in [6.07, 6.45) is 4.90. The third-order valence-corrected chi connectivity index (χ3v) is 3.39. The van der Waals surface area contributed by atoms with E-state index in [9.17, 15) is 4.79 Å². The second-order valence-corrected chi connectivity index (χ2v) is 5.08. The first-order valence-electron chi connectivity index (χ1n) is 7.42. The average molecular weight is 408 g/mol. The summed E-state index contributed by atoms with van der Waals surface area (Å²) in [6, 6.07) is 0. The Morgan fingerprint density at radius 3 is 3.00 bits per heavy atom. The summed E-state index contributed by atoms with van der Waals surface area (Å²) < 4.78 is 3.37. The number of nitrogens with zero attached hydrogens (tertiary/aromatic N) is 4. The zero-order valence-corrected chi connectivity index (χ0v) is 14.9. The second kappa shape index (κ2) is 9.06. The van der Waals surface area contributed by atoms with Gasteiger partial charge in [0, 0.05) is 32.6 Å². The highest BCUT2D eigenvalue weighted by atomic mass is 127. The molecular formula is C13H25IN6O. The third kappa shape index (κ3) is 5.01. The molecule has 0 saturated carbocycles. The Morgan fingerprint density at radius 2 is 2.29 bits per heavy atom. The summed E-state index contributed by atoms with van der Waals surface area (Å²) in [5.74, 6) is 1.40. The molecule has 21 heavy (non-hydrogen) atoms. The van der Waals surface area contributed by atoms with Gasteiger partial charge in [0.25, 0.3) is 0 Å². The van der Waals surface area contributed by atoms with E-state index in [2.05, 4.69) is 22.3 Å². The molecule has 0 saturated heterocycles. The van der Waals surface area contributed by atoms with E-state index in [1.165, 1.54) is 0 Å². The molecule has 0 fully saturated rings. The maximum absolute atomic E-state index is 12.1. The number of halogens is 1. The van der Waals surface area contributed by atoms with Gasteiger partial charge in [0.1, 0.15) is 5.82 Å². The fourth-order valence-corrected chi connectivity index (χ4v) is 2.33. The standard InChI is InChI=1S/C13H24N6O.HI/c1-2-7-15-12(14)16-8-5-10-19-13(20)18-9-4-3-6-11(18)17-19;/h2-10H2,1H3,(H3,14,15,16);1H. The van der Waals surface area contributed by atoms with Gasteiger partial charge < -0.3 is 11.1 Å². The van der Waals surface area contributed by atoms with Crippen molar-refractivity contribution in [3.8, 4) is 0 Å². The van der Waals surface area contributed by atoms with Crippen LogP contribution >= 0.6 is 24.0 Å². The Morgan fingerprint density at radius 1 is 1.48 bits per heavy atom. The van der Waals surface area contributed by atoms with E-state index in [1.54, 1.807) is 9.25 Å².